The van der Waals surface area contributed by atoms with E-state index in [1.165, 1.54) is 38.5 Å². The van der Waals surface area contributed by atoms with Gasteiger partial charge in [0.2, 0.25) is 0 Å². The Hall–Kier alpha value is -1.46. The lowest BCUT2D eigenvalue weighted by molar-refractivity contribution is 0.400. The van der Waals surface area contributed by atoms with Crippen LogP contribution in [0.1, 0.15) is 91.9 Å². The molecule has 6 nitrogen and oxygen atoms in total. The SMILES string of the molecule is CC(C)(/N=N/C(C)(C)C(=N)NC1CCCCC1)C(=N)NC1CCCCC1. The minimum atomic E-state index is -0.695. The second-order valence-corrected chi connectivity index (χ2v) is 9.03. The lowest BCUT2D eigenvalue weighted by atomic mass is 9.94. The number of hydrogen-bond donors (Lipinski definition) is 4. The van der Waals surface area contributed by atoms with E-state index in [4.69, 9.17) is 10.8 Å². The third-order valence-corrected chi connectivity index (χ3v) is 5.68. The van der Waals surface area contributed by atoms with E-state index in [1.807, 2.05) is 27.7 Å². The van der Waals surface area contributed by atoms with Crippen LogP contribution in [0.5, 0.6) is 0 Å². The van der Waals surface area contributed by atoms with Gasteiger partial charge in [-0.05, 0) is 53.4 Å². The van der Waals surface area contributed by atoms with E-state index in [0.717, 1.165) is 25.7 Å². The first-order valence-corrected chi connectivity index (χ1v) is 10.4. The Bertz CT molecular complexity index is 464. The van der Waals surface area contributed by atoms with Gasteiger partial charge >= 0.3 is 0 Å². The molecule has 0 unspecified atom stereocenters. The van der Waals surface area contributed by atoms with Gasteiger partial charge in [-0.25, -0.2) is 0 Å². The minimum absolute atomic E-state index is 0.394. The van der Waals surface area contributed by atoms with Crippen molar-refractivity contribution >= 4 is 11.7 Å². The zero-order valence-electron chi connectivity index (χ0n) is 17.1. The lowest BCUT2D eigenvalue weighted by Gasteiger charge is -2.31. The topological polar surface area (TPSA) is 96.5 Å². The van der Waals surface area contributed by atoms with Gasteiger partial charge in [0.15, 0.2) is 0 Å². The maximum atomic E-state index is 8.41. The smallest absolute Gasteiger partial charge is 0.132 e. The summed E-state index contributed by atoms with van der Waals surface area (Å²) in [5, 5.41) is 32.5. The van der Waals surface area contributed by atoms with E-state index in [9.17, 15) is 0 Å². The van der Waals surface area contributed by atoms with Crippen molar-refractivity contribution in [3.63, 3.8) is 0 Å². The molecule has 26 heavy (non-hydrogen) atoms. The van der Waals surface area contributed by atoms with Crippen molar-refractivity contribution in [1.29, 1.82) is 10.8 Å². The average Bonchev–Trinajstić information content (AvgIpc) is 2.62. The fraction of sp³-hybridized carbons (Fsp3) is 0.900. The first kappa shape index (κ1) is 20.8. The molecule has 0 atom stereocenters. The van der Waals surface area contributed by atoms with Crippen molar-refractivity contribution in [2.24, 2.45) is 10.2 Å². The summed E-state index contributed by atoms with van der Waals surface area (Å²) in [6.45, 7) is 7.68. The van der Waals surface area contributed by atoms with E-state index in [-0.39, 0.29) is 0 Å². The molecule has 4 N–H and O–H groups in total. The Kier molecular flexibility index (Phi) is 7.18. The number of hydrogen-bond acceptors (Lipinski definition) is 4. The zero-order valence-corrected chi connectivity index (χ0v) is 17.1. The second-order valence-electron chi connectivity index (χ2n) is 9.03. The van der Waals surface area contributed by atoms with Crippen molar-refractivity contribution in [2.45, 2.75) is 115 Å². The van der Waals surface area contributed by atoms with E-state index in [0.29, 0.717) is 23.8 Å². The molecule has 0 aliphatic heterocycles. The second kappa shape index (κ2) is 8.96. The molecule has 2 fully saturated rings. The van der Waals surface area contributed by atoms with Gasteiger partial charge in [-0.2, -0.15) is 10.2 Å². The molecule has 0 aromatic carbocycles. The molecule has 0 amide bonds. The number of rotatable bonds is 6. The molecule has 2 saturated carbocycles. The van der Waals surface area contributed by atoms with Crippen molar-refractivity contribution in [3.8, 4) is 0 Å². The van der Waals surface area contributed by atoms with Crippen LogP contribution in [0.15, 0.2) is 10.2 Å². The monoisotopic (exact) mass is 362 g/mol. The van der Waals surface area contributed by atoms with Crippen molar-refractivity contribution in [1.82, 2.24) is 10.6 Å². The molecule has 0 radical (unpaired) electrons. The van der Waals surface area contributed by atoms with Crippen molar-refractivity contribution in [2.75, 3.05) is 0 Å². The van der Waals surface area contributed by atoms with Gasteiger partial charge in [0.05, 0.1) is 0 Å². The van der Waals surface area contributed by atoms with Gasteiger partial charge in [-0.15, -0.1) is 0 Å². The van der Waals surface area contributed by atoms with Gasteiger partial charge in [-0.3, -0.25) is 10.8 Å². The van der Waals surface area contributed by atoms with Crippen LogP contribution in [-0.4, -0.2) is 34.8 Å². The number of nitrogens with one attached hydrogen (secondary N) is 4. The zero-order chi connectivity index (χ0) is 19.2. The predicted molar refractivity (Wildman–Crippen MR) is 108 cm³/mol. The van der Waals surface area contributed by atoms with Crippen LogP contribution in [-0.2, 0) is 0 Å². The molecule has 0 aromatic rings. The Morgan fingerprint density at radius 1 is 0.654 bits per heavy atom. The van der Waals surface area contributed by atoms with Crippen LogP contribution < -0.4 is 10.6 Å². The molecule has 0 aromatic heterocycles. The highest BCUT2D eigenvalue weighted by Gasteiger charge is 2.30. The third-order valence-electron chi connectivity index (χ3n) is 5.68. The maximum Gasteiger partial charge on any atom is 0.132 e. The van der Waals surface area contributed by atoms with Crippen LogP contribution >= 0.6 is 0 Å². The third kappa shape index (κ3) is 6.06. The summed E-state index contributed by atoms with van der Waals surface area (Å²) in [6, 6.07) is 0.787. The summed E-state index contributed by atoms with van der Waals surface area (Å²) >= 11 is 0. The number of amidine groups is 2. The quantitative estimate of drug-likeness (QED) is 0.310. The summed E-state index contributed by atoms with van der Waals surface area (Å²) in [7, 11) is 0. The molecule has 6 heteroatoms. The van der Waals surface area contributed by atoms with Crippen LogP contribution in [0, 0.1) is 10.8 Å². The first-order valence-electron chi connectivity index (χ1n) is 10.4. The molecule has 148 valence electrons. The molecular formula is C20H38N6. The van der Waals surface area contributed by atoms with Crippen LogP contribution in [0.2, 0.25) is 0 Å². The largest absolute Gasteiger partial charge is 0.369 e. The van der Waals surface area contributed by atoms with Crippen molar-refractivity contribution in [3.05, 3.63) is 0 Å². The standard InChI is InChI=1S/C20H38N6/c1-19(2,17(21)23-15-11-7-5-8-12-15)25-26-20(3,4)18(22)24-16-13-9-6-10-14-16/h15-16H,5-14H2,1-4H3,(H2,21,23)(H2,22,24)/b26-25+. The first-order chi connectivity index (χ1) is 12.2. The lowest BCUT2D eigenvalue weighted by Crippen LogP contribution is -2.47. The number of nitrogens with zero attached hydrogens (tertiary/aromatic N) is 2. The minimum Gasteiger partial charge on any atom is -0.369 e. The molecule has 2 rings (SSSR count). The van der Waals surface area contributed by atoms with Gasteiger partial charge in [0.1, 0.15) is 22.7 Å². The fourth-order valence-corrected chi connectivity index (χ4v) is 3.61. The summed E-state index contributed by atoms with van der Waals surface area (Å²) in [5.41, 5.74) is -1.39. The normalized spacial score (nSPS) is 20.9. The highest BCUT2D eigenvalue weighted by Crippen LogP contribution is 2.22. The Balaban J connectivity index is 1.90. The molecule has 0 heterocycles. The summed E-state index contributed by atoms with van der Waals surface area (Å²) in [4.78, 5) is 0. The molecule has 0 saturated heterocycles. The average molecular weight is 363 g/mol. The Labute approximate surface area is 159 Å². The van der Waals surface area contributed by atoms with E-state index in [2.05, 4.69) is 20.9 Å². The van der Waals surface area contributed by atoms with Crippen LogP contribution in [0.3, 0.4) is 0 Å². The summed E-state index contributed by atoms with van der Waals surface area (Å²) in [5.74, 6) is 0.853. The molecular weight excluding hydrogens is 324 g/mol. The van der Waals surface area contributed by atoms with Gasteiger partial charge in [0.25, 0.3) is 0 Å². The van der Waals surface area contributed by atoms with Crippen molar-refractivity contribution < 1.29 is 0 Å². The Morgan fingerprint density at radius 3 is 1.27 bits per heavy atom. The number of azo groups is 1. The maximum absolute atomic E-state index is 8.41. The highest BCUT2D eigenvalue weighted by molar-refractivity contribution is 5.89. The van der Waals surface area contributed by atoms with Gasteiger partial charge in [0, 0.05) is 12.1 Å². The van der Waals surface area contributed by atoms with Crippen LogP contribution in [0.25, 0.3) is 0 Å². The van der Waals surface area contributed by atoms with E-state index < -0.39 is 11.1 Å². The van der Waals surface area contributed by atoms with E-state index >= 15 is 0 Å². The summed E-state index contributed by atoms with van der Waals surface area (Å²) < 4.78 is 0. The Morgan fingerprint density at radius 2 is 0.962 bits per heavy atom. The molecule has 2 aliphatic carbocycles. The summed E-state index contributed by atoms with van der Waals surface area (Å²) in [6.07, 6.45) is 12.1. The molecule has 0 bridgehead atoms. The van der Waals surface area contributed by atoms with Gasteiger partial charge < -0.3 is 10.6 Å². The molecule has 0 spiro atoms. The van der Waals surface area contributed by atoms with Gasteiger partial charge in [-0.1, -0.05) is 38.5 Å². The highest BCUT2D eigenvalue weighted by atomic mass is 15.2. The van der Waals surface area contributed by atoms with E-state index in [1.54, 1.807) is 0 Å². The molecule has 2 aliphatic rings. The predicted octanol–water partition coefficient (Wildman–Crippen LogP) is 4.79. The van der Waals surface area contributed by atoms with Crippen LogP contribution in [0.4, 0.5) is 0 Å². The fourth-order valence-electron chi connectivity index (χ4n) is 3.61.